The minimum Gasteiger partial charge on any atom is -0.329 e. The number of aromatic nitrogens is 2. The Balaban J connectivity index is 0.00000289. The van der Waals surface area contributed by atoms with E-state index < -0.39 is 5.41 Å². The lowest BCUT2D eigenvalue weighted by molar-refractivity contribution is -0.125. The van der Waals surface area contributed by atoms with E-state index >= 15 is 0 Å². The predicted molar refractivity (Wildman–Crippen MR) is 75.9 cm³/mol. The van der Waals surface area contributed by atoms with Crippen molar-refractivity contribution in [1.29, 1.82) is 0 Å². The summed E-state index contributed by atoms with van der Waals surface area (Å²) in [4.78, 5) is 12.3. The van der Waals surface area contributed by atoms with Gasteiger partial charge in [0.1, 0.15) is 5.82 Å². The molecule has 0 spiro atoms. The van der Waals surface area contributed by atoms with Crippen molar-refractivity contribution in [3.63, 3.8) is 0 Å². The Morgan fingerprint density at radius 2 is 2.06 bits per heavy atom. The van der Waals surface area contributed by atoms with Crippen LogP contribution >= 0.6 is 12.4 Å². The molecule has 0 radical (unpaired) electrons. The highest BCUT2D eigenvalue weighted by molar-refractivity contribution is 5.94. The Morgan fingerprint density at radius 3 is 2.39 bits per heavy atom. The molecule has 0 aliphatic carbocycles. The normalized spacial score (nSPS) is 10.9. The summed E-state index contributed by atoms with van der Waals surface area (Å²) in [5.74, 6) is 0.695. The summed E-state index contributed by atoms with van der Waals surface area (Å²) in [5.41, 5.74) is 6.15. The summed E-state index contributed by atoms with van der Waals surface area (Å²) in [6.45, 7) is 6.24. The van der Waals surface area contributed by atoms with Gasteiger partial charge in [-0.05, 0) is 19.8 Å². The quantitative estimate of drug-likeness (QED) is 0.861. The molecule has 104 valence electrons. The van der Waals surface area contributed by atoms with Gasteiger partial charge in [0, 0.05) is 19.7 Å². The van der Waals surface area contributed by atoms with E-state index in [2.05, 4.69) is 10.4 Å². The van der Waals surface area contributed by atoms with Crippen molar-refractivity contribution >= 4 is 24.1 Å². The zero-order valence-electron chi connectivity index (χ0n) is 11.5. The maximum atomic E-state index is 12.3. The van der Waals surface area contributed by atoms with Crippen LogP contribution in [0.25, 0.3) is 0 Å². The smallest absolute Gasteiger partial charge is 0.232 e. The fourth-order valence-electron chi connectivity index (χ4n) is 1.93. The van der Waals surface area contributed by atoms with Crippen LogP contribution in [-0.2, 0) is 11.8 Å². The third-order valence-corrected chi connectivity index (χ3v) is 3.47. The zero-order valence-corrected chi connectivity index (χ0v) is 12.3. The summed E-state index contributed by atoms with van der Waals surface area (Å²) in [7, 11) is 1.81. The van der Waals surface area contributed by atoms with Crippen LogP contribution in [0.1, 0.15) is 32.4 Å². The van der Waals surface area contributed by atoms with Gasteiger partial charge in [-0.25, -0.2) is 0 Å². The number of halogens is 1. The minimum atomic E-state index is -0.474. The fourth-order valence-corrected chi connectivity index (χ4v) is 1.93. The van der Waals surface area contributed by atoms with Gasteiger partial charge in [-0.1, -0.05) is 13.8 Å². The topological polar surface area (TPSA) is 72.9 Å². The number of carbonyl (C=O) groups is 1. The van der Waals surface area contributed by atoms with Gasteiger partial charge >= 0.3 is 0 Å². The van der Waals surface area contributed by atoms with Crippen molar-refractivity contribution in [2.75, 3.05) is 11.9 Å². The van der Waals surface area contributed by atoms with Gasteiger partial charge in [-0.3, -0.25) is 9.48 Å². The average molecular weight is 275 g/mol. The highest BCUT2D eigenvalue weighted by Crippen LogP contribution is 2.26. The molecule has 0 aliphatic rings. The lowest BCUT2D eigenvalue weighted by Crippen LogP contribution is -2.41. The van der Waals surface area contributed by atoms with Crippen LogP contribution in [0, 0.1) is 12.3 Å². The molecular weight excluding hydrogens is 252 g/mol. The van der Waals surface area contributed by atoms with Crippen molar-refractivity contribution in [3.8, 4) is 0 Å². The van der Waals surface area contributed by atoms with E-state index in [0.717, 1.165) is 18.5 Å². The second-order valence-corrected chi connectivity index (χ2v) is 4.44. The molecule has 6 heteroatoms. The van der Waals surface area contributed by atoms with Crippen LogP contribution in [0.15, 0.2) is 6.07 Å². The molecule has 0 saturated carbocycles. The number of amides is 1. The van der Waals surface area contributed by atoms with Gasteiger partial charge in [0.15, 0.2) is 0 Å². The lowest BCUT2D eigenvalue weighted by atomic mass is 9.81. The number of anilines is 1. The molecule has 0 unspecified atom stereocenters. The highest BCUT2D eigenvalue weighted by Gasteiger charge is 2.33. The van der Waals surface area contributed by atoms with E-state index in [4.69, 9.17) is 5.73 Å². The second-order valence-electron chi connectivity index (χ2n) is 4.44. The average Bonchev–Trinajstić information content (AvgIpc) is 2.61. The van der Waals surface area contributed by atoms with E-state index in [-0.39, 0.29) is 18.3 Å². The largest absolute Gasteiger partial charge is 0.329 e. The molecular formula is C12H23ClN4O. The number of hydrogen-bond donors (Lipinski definition) is 2. The Bertz CT molecular complexity index is 391. The maximum Gasteiger partial charge on any atom is 0.232 e. The van der Waals surface area contributed by atoms with E-state index in [1.165, 1.54) is 0 Å². The number of rotatable bonds is 5. The second kappa shape index (κ2) is 6.75. The van der Waals surface area contributed by atoms with Gasteiger partial charge < -0.3 is 11.1 Å². The van der Waals surface area contributed by atoms with Crippen LogP contribution < -0.4 is 11.1 Å². The van der Waals surface area contributed by atoms with Crippen LogP contribution in [0.5, 0.6) is 0 Å². The van der Waals surface area contributed by atoms with E-state index in [1.54, 1.807) is 4.68 Å². The van der Waals surface area contributed by atoms with Crippen molar-refractivity contribution in [1.82, 2.24) is 9.78 Å². The Labute approximate surface area is 115 Å². The summed E-state index contributed by atoms with van der Waals surface area (Å²) < 4.78 is 1.67. The summed E-state index contributed by atoms with van der Waals surface area (Å²) >= 11 is 0. The molecule has 3 N–H and O–H groups in total. The molecule has 0 aromatic carbocycles. The zero-order chi connectivity index (χ0) is 13.1. The molecule has 0 aliphatic heterocycles. The van der Waals surface area contributed by atoms with Crippen molar-refractivity contribution in [2.45, 2.75) is 33.6 Å². The standard InChI is InChI=1S/C12H22N4O.ClH/c1-5-12(6-2,8-13)11(17)14-10-7-9(3)15-16(10)4;/h7H,5-6,8,13H2,1-4H3,(H,14,17);1H. The summed E-state index contributed by atoms with van der Waals surface area (Å²) in [6, 6.07) is 1.85. The number of nitrogens with one attached hydrogen (secondary N) is 1. The van der Waals surface area contributed by atoms with E-state index in [1.807, 2.05) is 33.9 Å². The number of nitrogens with two attached hydrogens (primary N) is 1. The van der Waals surface area contributed by atoms with Crippen LogP contribution in [-0.4, -0.2) is 22.2 Å². The number of nitrogens with zero attached hydrogens (tertiary/aromatic N) is 2. The van der Waals surface area contributed by atoms with Crippen LogP contribution in [0.3, 0.4) is 0 Å². The molecule has 0 saturated heterocycles. The van der Waals surface area contributed by atoms with Crippen molar-refractivity contribution in [2.24, 2.45) is 18.2 Å². The SMILES string of the molecule is CCC(CC)(CN)C(=O)Nc1cc(C)nn1C.Cl. The molecule has 5 nitrogen and oxygen atoms in total. The Morgan fingerprint density at radius 1 is 1.50 bits per heavy atom. The molecule has 0 bridgehead atoms. The first-order valence-corrected chi connectivity index (χ1v) is 6.01. The molecule has 18 heavy (non-hydrogen) atoms. The molecule has 0 fully saturated rings. The predicted octanol–water partition coefficient (Wildman–Crippen LogP) is 1.85. The van der Waals surface area contributed by atoms with E-state index in [9.17, 15) is 4.79 Å². The third-order valence-electron chi connectivity index (χ3n) is 3.47. The van der Waals surface area contributed by atoms with Gasteiger partial charge in [0.2, 0.25) is 5.91 Å². The van der Waals surface area contributed by atoms with Crippen molar-refractivity contribution < 1.29 is 4.79 Å². The first-order valence-electron chi connectivity index (χ1n) is 6.01. The Hall–Kier alpha value is -1.07. The lowest BCUT2D eigenvalue weighted by Gasteiger charge is -2.28. The maximum absolute atomic E-state index is 12.3. The Kier molecular flexibility index (Phi) is 6.35. The van der Waals surface area contributed by atoms with Gasteiger partial charge in [-0.15, -0.1) is 12.4 Å². The summed E-state index contributed by atoms with van der Waals surface area (Å²) in [6.07, 6.45) is 1.48. The fraction of sp³-hybridized carbons (Fsp3) is 0.667. The molecule has 1 amide bonds. The monoisotopic (exact) mass is 274 g/mol. The van der Waals surface area contributed by atoms with E-state index in [0.29, 0.717) is 12.4 Å². The van der Waals surface area contributed by atoms with Crippen molar-refractivity contribution in [3.05, 3.63) is 11.8 Å². The molecule has 1 aromatic rings. The van der Waals surface area contributed by atoms with Gasteiger partial charge in [-0.2, -0.15) is 5.10 Å². The molecule has 1 rings (SSSR count). The van der Waals surface area contributed by atoms with Gasteiger partial charge in [0.25, 0.3) is 0 Å². The molecule has 1 heterocycles. The minimum absolute atomic E-state index is 0. The highest BCUT2D eigenvalue weighted by atomic mass is 35.5. The number of aryl methyl sites for hydroxylation is 2. The number of carbonyl (C=O) groups excluding carboxylic acids is 1. The first-order chi connectivity index (χ1) is 7.99. The van der Waals surface area contributed by atoms with Crippen LogP contribution in [0.4, 0.5) is 5.82 Å². The summed E-state index contributed by atoms with van der Waals surface area (Å²) in [5, 5.41) is 7.10. The molecule has 0 atom stereocenters. The van der Waals surface area contributed by atoms with Crippen LogP contribution in [0.2, 0.25) is 0 Å². The number of hydrogen-bond acceptors (Lipinski definition) is 3. The first kappa shape index (κ1) is 16.9. The molecule has 1 aromatic heterocycles. The van der Waals surface area contributed by atoms with Gasteiger partial charge in [0.05, 0.1) is 11.1 Å². The third kappa shape index (κ3) is 3.23.